The molecule has 1 atom stereocenters. The van der Waals surface area contributed by atoms with Crippen LogP contribution in [0.25, 0.3) is 0 Å². The van der Waals surface area contributed by atoms with Gasteiger partial charge in [-0.3, -0.25) is 4.79 Å². The number of pyridine rings is 1. The van der Waals surface area contributed by atoms with Gasteiger partial charge in [0, 0.05) is 23.9 Å². The molecule has 25 heavy (non-hydrogen) atoms. The van der Waals surface area contributed by atoms with E-state index in [9.17, 15) is 14.8 Å². The van der Waals surface area contributed by atoms with Crippen LogP contribution < -0.4 is 15.4 Å². The summed E-state index contributed by atoms with van der Waals surface area (Å²) in [5.41, 5.74) is 1.21. The molecule has 1 aliphatic heterocycles. The third kappa shape index (κ3) is 4.54. The molecule has 0 bridgehead atoms. The molecule has 7 heteroatoms. The van der Waals surface area contributed by atoms with Gasteiger partial charge in [0.1, 0.15) is 6.61 Å². The minimum absolute atomic E-state index is 0.216. The van der Waals surface area contributed by atoms with E-state index >= 15 is 0 Å². The van der Waals surface area contributed by atoms with Crippen LogP contribution in [-0.2, 0) is 4.74 Å². The van der Waals surface area contributed by atoms with E-state index in [2.05, 4.69) is 10.6 Å². The molecule has 3 rings (SSSR count). The maximum absolute atomic E-state index is 12.2. The maximum Gasteiger partial charge on any atom is 0.338 e. The normalized spacial score (nSPS) is 16.4. The van der Waals surface area contributed by atoms with Crippen LogP contribution in [0.2, 0.25) is 0 Å². The van der Waals surface area contributed by atoms with Gasteiger partial charge >= 0.3 is 5.97 Å². The second-order valence-corrected chi connectivity index (χ2v) is 5.87. The highest BCUT2D eigenvalue weighted by molar-refractivity contribution is 6.04. The Balaban J connectivity index is 1.61. The molecule has 0 saturated carbocycles. The molecule has 1 aromatic carbocycles. The minimum Gasteiger partial charge on any atom is -0.619 e. The SMILES string of the molecule is O=C(Nc1cccc(C(=O)OC[C@H]2CCCN2)c1)c1cc[n+]([O-])cc1. The van der Waals surface area contributed by atoms with Crippen molar-refractivity contribution in [3.05, 3.63) is 65.1 Å². The Hall–Kier alpha value is -2.93. The van der Waals surface area contributed by atoms with Gasteiger partial charge in [-0.05, 0) is 37.6 Å². The molecule has 1 aliphatic rings. The number of amides is 1. The molecule has 2 aromatic rings. The van der Waals surface area contributed by atoms with Crippen molar-refractivity contribution in [2.24, 2.45) is 0 Å². The topological polar surface area (TPSA) is 94.4 Å². The molecule has 2 heterocycles. The minimum atomic E-state index is -0.420. The molecule has 130 valence electrons. The summed E-state index contributed by atoms with van der Waals surface area (Å²) in [5, 5.41) is 17.0. The summed E-state index contributed by atoms with van der Waals surface area (Å²) in [6.45, 7) is 1.30. The van der Waals surface area contributed by atoms with Gasteiger partial charge in [-0.15, -0.1) is 0 Å². The van der Waals surface area contributed by atoms with Crippen LogP contribution in [-0.4, -0.2) is 31.1 Å². The van der Waals surface area contributed by atoms with Gasteiger partial charge in [-0.2, -0.15) is 4.73 Å². The summed E-state index contributed by atoms with van der Waals surface area (Å²) in [4.78, 5) is 24.3. The summed E-state index contributed by atoms with van der Waals surface area (Å²) in [6, 6.07) is 9.64. The molecule has 2 N–H and O–H groups in total. The predicted molar refractivity (Wildman–Crippen MR) is 91.1 cm³/mol. The number of carbonyl (C=O) groups is 2. The van der Waals surface area contributed by atoms with Crippen LogP contribution in [0.3, 0.4) is 0 Å². The molecule has 1 saturated heterocycles. The van der Waals surface area contributed by atoms with Crippen LogP contribution in [0.15, 0.2) is 48.8 Å². The van der Waals surface area contributed by atoms with Gasteiger partial charge in [0.2, 0.25) is 0 Å². The number of hydrogen-bond donors (Lipinski definition) is 2. The Morgan fingerprint density at radius 3 is 2.76 bits per heavy atom. The zero-order chi connectivity index (χ0) is 17.6. The van der Waals surface area contributed by atoms with Crippen LogP contribution in [0.1, 0.15) is 33.6 Å². The van der Waals surface area contributed by atoms with Gasteiger partial charge in [-0.1, -0.05) is 6.07 Å². The van der Waals surface area contributed by atoms with E-state index in [1.807, 2.05) is 0 Å². The molecule has 0 aliphatic carbocycles. The van der Waals surface area contributed by atoms with Crippen LogP contribution in [0.5, 0.6) is 0 Å². The zero-order valence-electron chi connectivity index (χ0n) is 13.6. The molecule has 0 radical (unpaired) electrons. The molecule has 1 amide bonds. The molecule has 7 nitrogen and oxygen atoms in total. The van der Waals surface area contributed by atoms with Gasteiger partial charge < -0.3 is 20.6 Å². The van der Waals surface area contributed by atoms with E-state index in [1.165, 1.54) is 24.5 Å². The van der Waals surface area contributed by atoms with E-state index in [-0.39, 0.29) is 11.9 Å². The lowest BCUT2D eigenvalue weighted by Crippen LogP contribution is -2.28. The number of esters is 1. The fourth-order valence-electron chi connectivity index (χ4n) is 2.65. The predicted octanol–water partition coefficient (Wildman–Crippen LogP) is 1.48. The van der Waals surface area contributed by atoms with Crippen molar-refractivity contribution in [3.63, 3.8) is 0 Å². The summed E-state index contributed by atoms with van der Waals surface area (Å²) in [6.07, 6.45) is 4.60. The summed E-state index contributed by atoms with van der Waals surface area (Å²) in [5.74, 6) is -0.779. The van der Waals surface area contributed by atoms with Gasteiger partial charge in [0.15, 0.2) is 12.4 Å². The highest BCUT2D eigenvalue weighted by Gasteiger charge is 2.17. The van der Waals surface area contributed by atoms with E-state index in [0.717, 1.165) is 19.4 Å². The van der Waals surface area contributed by atoms with E-state index in [1.54, 1.807) is 24.3 Å². The largest absolute Gasteiger partial charge is 0.619 e. The molecule has 1 fully saturated rings. The Bertz CT molecular complexity index is 755. The summed E-state index contributed by atoms with van der Waals surface area (Å²) >= 11 is 0. The molecule has 1 aromatic heterocycles. The fraction of sp³-hybridized carbons (Fsp3) is 0.278. The second-order valence-electron chi connectivity index (χ2n) is 5.87. The number of nitrogens with one attached hydrogen (secondary N) is 2. The Morgan fingerprint density at radius 1 is 1.24 bits per heavy atom. The molecule has 0 spiro atoms. The lowest BCUT2D eigenvalue weighted by Gasteiger charge is -2.11. The van der Waals surface area contributed by atoms with Crippen LogP contribution in [0, 0.1) is 5.21 Å². The average Bonchev–Trinajstić information content (AvgIpc) is 3.14. The van der Waals surface area contributed by atoms with E-state index in [4.69, 9.17) is 4.74 Å². The first kappa shape index (κ1) is 16.9. The third-order valence-electron chi connectivity index (χ3n) is 4.00. The van der Waals surface area contributed by atoms with Gasteiger partial charge in [0.05, 0.1) is 11.1 Å². The first-order chi connectivity index (χ1) is 12.1. The standard InChI is InChI=1S/C18H19N3O4/c22-17(13-6-9-21(24)10-7-13)20-15-4-1-3-14(11-15)18(23)25-12-16-5-2-8-19-16/h1,3-4,6-7,9-11,16,19H,2,5,8,12H2,(H,20,22)/t16-/m1/s1. The Labute approximate surface area is 145 Å². The van der Waals surface area contributed by atoms with Crippen molar-refractivity contribution in [1.29, 1.82) is 0 Å². The highest BCUT2D eigenvalue weighted by atomic mass is 16.5. The monoisotopic (exact) mass is 341 g/mol. The average molecular weight is 341 g/mol. The Kier molecular flexibility index (Phi) is 5.25. The summed E-state index contributed by atoms with van der Waals surface area (Å²) < 4.78 is 5.92. The molecular formula is C18H19N3O4. The number of rotatable bonds is 5. The lowest BCUT2D eigenvalue weighted by molar-refractivity contribution is -0.605. The van der Waals surface area contributed by atoms with Crippen molar-refractivity contribution in [3.8, 4) is 0 Å². The van der Waals surface area contributed by atoms with Crippen molar-refractivity contribution in [2.45, 2.75) is 18.9 Å². The molecule has 0 unspecified atom stereocenters. The van der Waals surface area contributed by atoms with Crippen molar-refractivity contribution >= 4 is 17.6 Å². The third-order valence-corrected chi connectivity index (χ3v) is 4.00. The van der Waals surface area contributed by atoms with Gasteiger partial charge in [-0.25, -0.2) is 4.79 Å². The number of hydrogen-bond acceptors (Lipinski definition) is 5. The first-order valence-corrected chi connectivity index (χ1v) is 8.12. The smallest absolute Gasteiger partial charge is 0.338 e. The number of anilines is 1. The Morgan fingerprint density at radius 2 is 2.04 bits per heavy atom. The summed E-state index contributed by atoms with van der Waals surface area (Å²) in [7, 11) is 0. The van der Waals surface area contributed by atoms with E-state index in [0.29, 0.717) is 28.2 Å². The maximum atomic E-state index is 12.2. The fourth-order valence-corrected chi connectivity index (χ4v) is 2.65. The van der Waals surface area contributed by atoms with Gasteiger partial charge in [0.25, 0.3) is 5.91 Å². The lowest BCUT2D eigenvalue weighted by atomic mass is 10.2. The number of carbonyl (C=O) groups excluding carboxylic acids is 2. The first-order valence-electron chi connectivity index (χ1n) is 8.12. The number of benzene rings is 1. The number of aromatic nitrogens is 1. The van der Waals surface area contributed by atoms with E-state index < -0.39 is 5.97 Å². The highest BCUT2D eigenvalue weighted by Crippen LogP contribution is 2.14. The van der Waals surface area contributed by atoms with Crippen molar-refractivity contribution in [1.82, 2.24) is 5.32 Å². The number of nitrogens with zero attached hydrogens (tertiary/aromatic N) is 1. The molecular weight excluding hydrogens is 322 g/mol. The van der Waals surface area contributed by atoms with Crippen LogP contribution >= 0.6 is 0 Å². The number of ether oxygens (including phenoxy) is 1. The van der Waals surface area contributed by atoms with Crippen molar-refractivity contribution < 1.29 is 19.1 Å². The zero-order valence-corrected chi connectivity index (χ0v) is 13.6. The second kappa shape index (κ2) is 7.76. The van der Waals surface area contributed by atoms with Crippen LogP contribution in [0.4, 0.5) is 5.69 Å². The quantitative estimate of drug-likeness (QED) is 0.488. The van der Waals surface area contributed by atoms with Crippen molar-refractivity contribution in [2.75, 3.05) is 18.5 Å².